The lowest BCUT2D eigenvalue weighted by molar-refractivity contribution is -0.121. The van der Waals surface area contributed by atoms with E-state index >= 15 is 0 Å². The molecule has 0 saturated carbocycles. The van der Waals surface area contributed by atoms with Gasteiger partial charge in [0.05, 0.1) is 5.69 Å². The molecular weight excluding hydrogens is 370 g/mol. The molecule has 0 spiro atoms. The SMILES string of the molecule is CCN(C(=O)COC(=O)c1cc2c(s1)CCCC2)c1cccc2ccccc12. The number of nitrogens with zero attached hydrogens (tertiary/aromatic N) is 1. The molecule has 144 valence electrons. The second-order valence-corrected chi connectivity index (χ2v) is 8.12. The maximum absolute atomic E-state index is 12.8. The van der Waals surface area contributed by atoms with E-state index in [2.05, 4.69) is 0 Å². The standard InChI is InChI=1S/C23H23NO3S/c1-2-24(19-12-7-10-16-8-3-5-11-18(16)19)22(25)15-27-23(26)21-14-17-9-4-6-13-20(17)28-21/h3,5,7-8,10-12,14H,2,4,6,9,13,15H2,1H3. The first-order valence-electron chi connectivity index (χ1n) is 9.74. The van der Waals surface area contributed by atoms with Crippen molar-refractivity contribution in [2.75, 3.05) is 18.1 Å². The second kappa shape index (κ2) is 8.15. The Hall–Kier alpha value is -2.66. The Kier molecular flexibility index (Phi) is 5.44. The monoisotopic (exact) mass is 393 g/mol. The molecule has 1 aromatic heterocycles. The van der Waals surface area contributed by atoms with Crippen LogP contribution in [0.15, 0.2) is 48.5 Å². The average Bonchev–Trinajstić information content (AvgIpc) is 3.17. The van der Waals surface area contributed by atoms with Crippen LogP contribution in [0.3, 0.4) is 0 Å². The van der Waals surface area contributed by atoms with Gasteiger partial charge in [0.25, 0.3) is 5.91 Å². The molecule has 2 aromatic carbocycles. The lowest BCUT2D eigenvalue weighted by Gasteiger charge is -2.22. The fraction of sp³-hybridized carbons (Fsp3) is 0.304. The van der Waals surface area contributed by atoms with Gasteiger partial charge in [-0.25, -0.2) is 4.79 Å². The van der Waals surface area contributed by atoms with E-state index in [9.17, 15) is 9.59 Å². The molecule has 0 fully saturated rings. The number of hydrogen-bond acceptors (Lipinski definition) is 4. The van der Waals surface area contributed by atoms with Crippen LogP contribution in [-0.4, -0.2) is 25.0 Å². The zero-order valence-electron chi connectivity index (χ0n) is 15.9. The highest BCUT2D eigenvalue weighted by molar-refractivity contribution is 7.14. The number of ether oxygens (including phenoxy) is 1. The molecule has 0 aliphatic heterocycles. The van der Waals surface area contributed by atoms with Gasteiger partial charge < -0.3 is 9.64 Å². The molecule has 0 atom stereocenters. The Bertz CT molecular complexity index is 995. The first-order valence-corrected chi connectivity index (χ1v) is 10.6. The first-order chi connectivity index (χ1) is 13.7. The number of carbonyl (C=O) groups excluding carboxylic acids is 2. The normalized spacial score (nSPS) is 13.2. The Morgan fingerprint density at radius 3 is 2.68 bits per heavy atom. The van der Waals surface area contributed by atoms with Crippen molar-refractivity contribution in [1.29, 1.82) is 0 Å². The largest absolute Gasteiger partial charge is 0.451 e. The van der Waals surface area contributed by atoms with Crippen molar-refractivity contribution < 1.29 is 14.3 Å². The fourth-order valence-electron chi connectivity index (χ4n) is 3.79. The topological polar surface area (TPSA) is 46.6 Å². The number of benzene rings is 2. The molecule has 0 N–H and O–H groups in total. The number of amides is 1. The van der Waals surface area contributed by atoms with Gasteiger partial charge in [0.15, 0.2) is 6.61 Å². The van der Waals surface area contributed by atoms with Crippen LogP contribution in [0.2, 0.25) is 0 Å². The summed E-state index contributed by atoms with van der Waals surface area (Å²) in [6, 6.07) is 15.8. The minimum Gasteiger partial charge on any atom is -0.451 e. The Balaban J connectivity index is 1.47. The smallest absolute Gasteiger partial charge is 0.348 e. The summed E-state index contributed by atoms with van der Waals surface area (Å²) in [7, 11) is 0. The minimum atomic E-state index is -0.401. The molecule has 1 amide bonds. The summed E-state index contributed by atoms with van der Waals surface area (Å²) >= 11 is 1.51. The van der Waals surface area contributed by atoms with Crippen molar-refractivity contribution in [3.05, 3.63) is 63.8 Å². The average molecular weight is 394 g/mol. The molecule has 4 nitrogen and oxygen atoms in total. The molecule has 4 rings (SSSR count). The van der Waals surface area contributed by atoms with Crippen LogP contribution in [0, 0.1) is 0 Å². The Morgan fingerprint density at radius 2 is 1.86 bits per heavy atom. The lowest BCUT2D eigenvalue weighted by atomic mass is 9.99. The van der Waals surface area contributed by atoms with Crippen molar-refractivity contribution in [2.24, 2.45) is 0 Å². The zero-order valence-corrected chi connectivity index (χ0v) is 16.8. The van der Waals surface area contributed by atoms with Gasteiger partial charge in [-0.3, -0.25) is 4.79 Å². The number of esters is 1. The molecule has 3 aromatic rings. The van der Waals surface area contributed by atoms with Crippen LogP contribution in [0.5, 0.6) is 0 Å². The van der Waals surface area contributed by atoms with Crippen LogP contribution in [0.25, 0.3) is 10.8 Å². The molecule has 0 saturated heterocycles. The summed E-state index contributed by atoms with van der Waals surface area (Å²) in [6.07, 6.45) is 4.42. The predicted molar refractivity (Wildman–Crippen MR) is 113 cm³/mol. The van der Waals surface area contributed by atoms with E-state index < -0.39 is 5.97 Å². The number of fused-ring (bicyclic) bond motifs is 2. The van der Waals surface area contributed by atoms with Gasteiger partial charge in [0.1, 0.15) is 4.88 Å². The number of rotatable bonds is 5. The van der Waals surface area contributed by atoms with Gasteiger partial charge >= 0.3 is 5.97 Å². The van der Waals surface area contributed by atoms with Crippen LogP contribution < -0.4 is 4.90 Å². The van der Waals surface area contributed by atoms with Crippen LogP contribution in [0.4, 0.5) is 5.69 Å². The lowest BCUT2D eigenvalue weighted by Crippen LogP contribution is -2.34. The predicted octanol–water partition coefficient (Wildman–Crippen LogP) is 4.99. The number of thiophene rings is 1. The van der Waals surface area contributed by atoms with Crippen molar-refractivity contribution in [3.63, 3.8) is 0 Å². The molecule has 0 radical (unpaired) electrons. The number of carbonyl (C=O) groups is 2. The fourth-order valence-corrected chi connectivity index (χ4v) is 4.94. The number of likely N-dealkylation sites (N-methyl/N-ethyl adjacent to an activating group) is 1. The van der Waals surface area contributed by atoms with Crippen LogP contribution in [-0.2, 0) is 22.4 Å². The van der Waals surface area contributed by atoms with Gasteiger partial charge in [0.2, 0.25) is 0 Å². The molecular formula is C23H23NO3S. The van der Waals surface area contributed by atoms with Crippen LogP contribution in [0.1, 0.15) is 39.9 Å². The third kappa shape index (κ3) is 3.67. The quantitative estimate of drug-likeness (QED) is 0.574. The van der Waals surface area contributed by atoms with Gasteiger partial charge in [0, 0.05) is 16.8 Å². The number of hydrogen-bond donors (Lipinski definition) is 0. The Labute approximate surface area is 168 Å². The third-order valence-electron chi connectivity index (χ3n) is 5.20. The molecule has 0 unspecified atom stereocenters. The minimum absolute atomic E-state index is 0.214. The third-order valence-corrected chi connectivity index (χ3v) is 6.42. The van der Waals surface area contributed by atoms with Crippen molar-refractivity contribution in [2.45, 2.75) is 32.6 Å². The summed E-state index contributed by atoms with van der Waals surface area (Å²) in [4.78, 5) is 28.8. The first kappa shape index (κ1) is 18.7. The van der Waals surface area contributed by atoms with Gasteiger partial charge in [-0.05, 0) is 55.7 Å². The van der Waals surface area contributed by atoms with E-state index in [-0.39, 0.29) is 12.5 Å². The van der Waals surface area contributed by atoms with E-state index in [1.54, 1.807) is 4.90 Å². The highest BCUT2D eigenvalue weighted by Gasteiger charge is 2.21. The van der Waals surface area contributed by atoms with Crippen molar-refractivity contribution in [1.82, 2.24) is 0 Å². The highest BCUT2D eigenvalue weighted by Crippen LogP contribution is 2.30. The number of aryl methyl sites for hydroxylation is 2. The van der Waals surface area contributed by atoms with E-state index in [0.29, 0.717) is 11.4 Å². The summed E-state index contributed by atoms with van der Waals surface area (Å²) in [6.45, 7) is 2.19. The molecule has 1 aliphatic carbocycles. The van der Waals surface area contributed by atoms with Crippen LogP contribution >= 0.6 is 11.3 Å². The molecule has 5 heteroatoms. The van der Waals surface area contributed by atoms with Crippen molar-refractivity contribution >= 4 is 39.7 Å². The number of anilines is 1. The van der Waals surface area contributed by atoms with E-state index in [0.717, 1.165) is 29.3 Å². The van der Waals surface area contributed by atoms with E-state index in [4.69, 9.17) is 4.74 Å². The molecule has 1 heterocycles. The van der Waals surface area contributed by atoms with E-state index in [1.165, 1.54) is 34.6 Å². The molecule has 1 aliphatic rings. The zero-order chi connectivity index (χ0) is 19.5. The van der Waals surface area contributed by atoms with Crippen molar-refractivity contribution in [3.8, 4) is 0 Å². The maximum Gasteiger partial charge on any atom is 0.348 e. The summed E-state index contributed by atoms with van der Waals surface area (Å²) in [5.41, 5.74) is 2.11. The second-order valence-electron chi connectivity index (χ2n) is 6.98. The summed E-state index contributed by atoms with van der Waals surface area (Å²) in [5.74, 6) is -0.616. The molecule has 0 bridgehead atoms. The van der Waals surface area contributed by atoms with Gasteiger partial charge in [-0.1, -0.05) is 36.4 Å². The summed E-state index contributed by atoms with van der Waals surface area (Å²) in [5, 5.41) is 2.09. The van der Waals surface area contributed by atoms with Gasteiger partial charge in [-0.15, -0.1) is 11.3 Å². The van der Waals surface area contributed by atoms with Gasteiger partial charge in [-0.2, -0.15) is 0 Å². The highest BCUT2D eigenvalue weighted by atomic mass is 32.1. The van der Waals surface area contributed by atoms with E-state index in [1.807, 2.05) is 55.5 Å². The Morgan fingerprint density at radius 1 is 1.07 bits per heavy atom. The maximum atomic E-state index is 12.8. The summed E-state index contributed by atoms with van der Waals surface area (Å²) < 4.78 is 5.36. The molecule has 28 heavy (non-hydrogen) atoms.